The molecule has 0 aliphatic carbocycles. The number of rotatable bonds is 4. The van der Waals surface area contributed by atoms with Crippen LogP contribution in [0, 0.1) is 0 Å². The summed E-state index contributed by atoms with van der Waals surface area (Å²) in [6.45, 7) is 2.02. The second-order valence-corrected chi connectivity index (χ2v) is 6.66. The fourth-order valence-electron chi connectivity index (χ4n) is 3.08. The average Bonchev–Trinajstić information content (AvgIpc) is 2.69. The van der Waals surface area contributed by atoms with E-state index >= 15 is 0 Å². The Bertz CT molecular complexity index is 1140. The lowest BCUT2D eigenvalue weighted by atomic mass is 10.1. The lowest BCUT2D eigenvalue weighted by molar-refractivity contribution is 0.861. The van der Waals surface area contributed by atoms with Crippen LogP contribution >= 0.6 is 11.6 Å². The quantitative estimate of drug-likeness (QED) is 0.565. The number of fused-ring (bicyclic) bond motifs is 1. The van der Waals surface area contributed by atoms with E-state index in [9.17, 15) is 4.79 Å². The first-order chi connectivity index (χ1) is 13.1. The largest absolute Gasteiger partial charge is 0.363 e. The Balaban J connectivity index is 1.88. The molecule has 0 bridgehead atoms. The highest BCUT2D eigenvalue weighted by Crippen LogP contribution is 2.27. The fourth-order valence-corrected chi connectivity index (χ4v) is 3.24. The van der Waals surface area contributed by atoms with E-state index in [1.54, 1.807) is 29.1 Å². The van der Waals surface area contributed by atoms with Gasteiger partial charge in [-0.2, -0.15) is 4.98 Å². The highest BCUT2D eigenvalue weighted by atomic mass is 35.5. The van der Waals surface area contributed by atoms with Crippen molar-refractivity contribution < 1.29 is 0 Å². The van der Waals surface area contributed by atoms with Crippen molar-refractivity contribution in [1.29, 1.82) is 0 Å². The maximum absolute atomic E-state index is 12.8. The summed E-state index contributed by atoms with van der Waals surface area (Å²) < 4.78 is 1.57. The molecule has 4 rings (SSSR count). The fraction of sp³-hybridized carbons (Fsp3) is 0.0952. The number of pyridine rings is 1. The first-order valence-corrected chi connectivity index (χ1v) is 8.95. The SMILES string of the molecule is CC(Nc1nc(=O)n(-c2ccccc2)c2cc(Cl)ccc12)c1ccncc1. The molecule has 2 heterocycles. The minimum Gasteiger partial charge on any atom is -0.363 e. The number of halogens is 1. The molecule has 0 amide bonds. The Kier molecular flexibility index (Phi) is 4.60. The second kappa shape index (κ2) is 7.21. The van der Waals surface area contributed by atoms with Crippen molar-refractivity contribution >= 4 is 28.3 Å². The molecule has 0 aliphatic heterocycles. The van der Waals surface area contributed by atoms with Gasteiger partial charge >= 0.3 is 5.69 Å². The van der Waals surface area contributed by atoms with Gasteiger partial charge in [-0.1, -0.05) is 29.8 Å². The van der Waals surface area contributed by atoms with Crippen molar-refractivity contribution in [2.24, 2.45) is 0 Å². The molecule has 0 spiro atoms. The van der Waals surface area contributed by atoms with Gasteiger partial charge in [-0.05, 0) is 55.0 Å². The summed E-state index contributed by atoms with van der Waals surface area (Å²) >= 11 is 6.22. The van der Waals surface area contributed by atoms with Crippen molar-refractivity contribution in [2.45, 2.75) is 13.0 Å². The first-order valence-electron chi connectivity index (χ1n) is 8.57. The van der Waals surface area contributed by atoms with Crippen molar-refractivity contribution in [3.63, 3.8) is 0 Å². The highest BCUT2D eigenvalue weighted by molar-refractivity contribution is 6.31. The molecule has 1 N–H and O–H groups in total. The molecule has 1 atom stereocenters. The van der Waals surface area contributed by atoms with Crippen LogP contribution in [0.3, 0.4) is 0 Å². The normalized spacial score (nSPS) is 12.1. The zero-order valence-electron chi connectivity index (χ0n) is 14.6. The number of hydrogen-bond acceptors (Lipinski definition) is 4. The van der Waals surface area contributed by atoms with E-state index in [1.807, 2.05) is 55.5 Å². The zero-order chi connectivity index (χ0) is 18.8. The summed E-state index contributed by atoms with van der Waals surface area (Å²) in [5, 5.41) is 4.73. The third-order valence-corrected chi connectivity index (χ3v) is 4.66. The number of aromatic nitrogens is 3. The maximum atomic E-state index is 12.8. The van der Waals surface area contributed by atoms with Crippen LogP contribution in [-0.2, 0) is 0 Å². The molecule has 0 aliphatic rings. The monoisotopic (exact) mass is 376 g/mol. The van der Waals surface area contributed by atoms with Crippen molar-refractivity contribution in [1.82, 2.24) is 14.5 Å². The molecule has 27 heavy (non-hydrogen) atoms. The third kappa shape index (κ3) is 3.41. The summed E-state index contributed by atoms with van der Waals surface area (Å²) in [6, 6.07) is 18.7. The molecule has 0 saturated carbocycles. The smallest absolute Gasteiger partial charge is 0.354 e. The van der Waals surface area contributed by atoms with Crippen molar-refractivity contribution in [2.75, 3.05) is 5.32 Å². The van der Waals surface area contributed by atoms with Gasteiger partial charge in [0.1, 0.15) is 5.82 Å². The van der Waals surface area contributed by atoms with Gasteiger partial charge in [0.2, 0.25) is 0 Å². The molecule has 5 nitrogen and oxygen atoms in total. The van der Waals surface area contributed by atoms with E-state index < -0.39 is 0 Å². The van der Waals surface area contributed by atoms with Crippen molar-refractivity contribution in [3.8, 4) is 5.69 Å². The van der Waals surface area contributed by atoms with Gasteiger partial charge in [-0.3, -0.25) is 9.55 Å². The summed E-state index contributed by atoms with van der Waals surface area (Å²) in [5.74, 6) is 0.531. The molecule has 2 aromatic carbocycles. The minimum absolute atomic E-state index is 0.0358. The van der Waals surface area contributed by atoms with Gasteiger partial charge in [-0.25, -0.2) is 4.79 Å². The summed E-state index contributed by atoms with van der Waals surface area (Å²) in [7, 11) is 0. The number of para-hydroxylation sites is 1. The van der Waals surface area contributed by atoms with Gasteiger partial charge in [0.05, 0.1) is 17.2 Å². The van der Waals surface area contributed by atoms with Gasteiger partial charge in [0, 0.05) is 22.8 Å². The maximum Gasteiger partial charge on any atom is 0.354 e. The number of benzene rings is 2. The standard InChI is InChI=1S/C21H17ClN4O/c1-14(15-9-11-23-12-10-15)24-20-18-8-7-16(22)13-19(18)26(21(27)25-20)17-5-3-2-4-6-17/h2-14H,1H3,(H,24,25,27). The Hall–Kier alpha value is -3.18. The Morgan fingerprint density at radius 3 is 2.52 bits per heavy atom. The first kappa shape index (κ1) is 17.2. The molecule has 4 aromatic rings. The molecular formula is C21H17ClN4O. The predicted molar refractivity (Wildman–Crippen MR) is 109 cm³/mol. The number of nitrogens with zero attached hydrogens (tertiary/aromatic N) is 3. The predicted octanol–water partition coefficient (Wildman–Crippen LogP) is 4.61. The van der Waals surface area contributed by atoms with Crippen LogP contribution in [-0.4, -0.2) is 14.5 Å². The molecular weight excluding hydrogens is 360 g/mol. The second-order valence-electron chi connectivity index (χ2n) is 6.22. The number of hydrogen-bond donors (Lipinski definition) is 1. The summed E-state index contributed by atoms with van der Waals surface area (Å²) in [6.07, 6.45) is 3.48. The van der Waals surface area contributed by atoms with E-state index in [4.69, 9.17) is 11.6 Å². The zero-order valence-corrected chi connectivity index (χ0v) is 15.4. The highest BCUT2D eigenvalue weighted by Gasteiger charge is 2.14. The van der Waals surface area contributed by atoms with Crippen LogP contribution in [0.2, 0.25) is 5.02 Å². The van der Waals surface area contributed by atoms with Crippen LogP contribution in [0.4, 0.5) is 5.82 Å². The third-order valence-electron chi connectivity index (χ3n) is 4.43. The van der Waals surface area contributed by atoms with Crippen LogP contribution in [0.5, 0.6) is 0 Å². The van der Waals surface area contributed by atoms with Gasteiger partial charge < -0.3 is 5.32 Å². The molecule has 0 saturated heterocycles. The van der Waals surface area contributed by atoms with Gasteiger partial charge in [-0.15, -0.1) is 0 Å². The van der Waals surface area contributed by atoms with E-state index in [2.05, 4.69) is 15.3 Å². The number of nitrogens with one attached hydrogen (secondary N) is 1. The molecule has 6 heteroatoms. The Morgan fingerprint density at radius 2 is 1.78 bits per heavy atom. The van der Waals surface area contributed by atoms with Crippen LogP contribution < -0.4 is 11.0 Å². The summed E-state index contributed by atoms with van der Waals surface area (Å²) in [5.41, 5.74) is 2.15. The van der Waals surface area contributed by atoms with Crippen molar-refractivity contribution in [3.05, 3.63) is 94.1 Å². The molecule has 0 fully saturated rings. The summed E-state index contributed by atoms with van der Waals surface area (Å²) in [4.78, 5) is 21.2. The topological polar surface area (TPSA) is 59.8 Å². The minimum atomic E-state index is -0.361. The van der Waals surface area contributed by atoms with E-state index in [1.165, 1.54) is 0 Å². The van der Waals surface area contributed by atoms with Gasteiger partial charge in [0.25, 0.3) is 0 Å². The molecule has 1 unspecified atom stereocenters. The van der Waals surface area contributed by atoms with Crippen LogP contribution in [0.15, 0.2) is 77.9 Å². The Morgan fingerprint density at radius 1 is 1.04 bits per heavy atom. The van der Waals surface area contributed by atoms with E-state index in [0.29, 0.717) is 16.4 Å². The lowest BCUT2D eigenvalue weighted by Crippen LogP contribution is -2.24. The number of anilines is 1. The van der Waals surface area contributed by atoms with Gasteiger partial charge in [0.15, 0.2) is 0 Å². The molecule has 134 valence electrons. The van der Waals surface area contributed by atoms with E-state index in [-0.39, 0.29) is 11.7 Å². The average molecular weight is 377 g/mol. The van der Waals surface area contributed by atoms with Crippen LogP contribution in [0.1, 0.15) is 18.5 Å². The van der Waals surface area contributed by atoms with Crippen LogP contribution in [0.25, 0.3) is 16.6 Å². The molecule has 0 radical (unpaired) electrons. The Labute approximate surface area is 161 Å². The molecule has 2 aromatic heterocycles. The van der Waals surface area contributed by atoms with E-state index in [0.717, 1.165) is 16.6 Å². The lowest BCUT2D eigenvalue weighted by Gasteiger charge is -2.18.